The van der Waals surface area contributed by atoms with Gasteiger partial charge in [0.2, 0.25) is 0 Å². The number of carbonyl (C=O) groups excluding carboxylic acids is 1. The maximum Gasteiger partial charge on any atom is 0.490 e. The number of nitrogens with zero attached hydrogens (tertiary/aromatic N) is 7. The summed E-state index contributed by atoms with van der Waals surface area (Å²) < 4.78 is 69.5. The monoisotopic (exact) mass is 786 g/mol. The zero-order valence-corrected chi connectivity index (χ0v) is 30.9. The third-order valence-electron chi connectivity index (χ3n) is 11.4. The lowest BCUT2D eigenvalue weighted by Crippen LogP contribution is -2.58. The van der Waals surface area contributed by atoms with Gasteiger partial charge in [0, 0.05) is 50.0 Å². The van der Waals surface area contributed by atoms with Gasteiger partial charge in [-0.3, -0.25) is 19.7 Å². The van der Waals surface area contributed by atoms with Crippen molar-refractivity contribution >= 4 is 34.7 Å². The number of carboxylic acid groups (broad SMARTS) is 1. The van der Waals surface area contributed by atoms with Crippen molar-refractivity contribution in [2.75, 3.05) is 57.1 Å². The van der Waals surface area contributed by atoms with Crippen LogP contribution in [0.5, 0.6) is 0 Å². The third kappa shape index (κ3) is 7.58. The first-order valence-electron chi connectivity index (χ1n) is 18.5. The normalized spacial score (nSPS) is 21.5. The van der Waals surface area contributed by atoms with Crippen molar-refractivity contribution in [1.82, 2.24) is 40.1 Å². The van der Waals surface area contributed by atoms with Crippen LogP contribution in [0.1, 0.15) is 53.8 Å². The van der Waals surface area contributed by atoms with Gasteiger partial charge in [-0.2, -0.15) is 13.2 Å². The van der Waals surface area contributed by atoms with E-state index in [0.717, 1.165) is 47.5 Å². The number of anilines is 3. The molecule has 1 aliphatic carbocycles. The summed E-state index contributed by atoms with van der Waals surface area (Å²) in [4.78, 5) is 40.1. The Bertz CT molecular complexity index is 2070. The number of aromatic nitrogens is 5. The van der Waals surface area contributed by atoms with Crippen molar-refractivity contribution in [2.45, 2.75) is 69.3 Å². The van der Waals surface area contributed by atoms with E-state index in [1.54, 1.807) is 30.2 Å². The molecule has 2 atom stereocenters. The predicted octanol–water partition coefficient (Wildman–Crippen LogP) is 4.67. The van der Waals surface area contributed by atoms with E-state index in [4.69, 9.17) is 24.7 Å². The van der Waals surface area contributed by atoms with Crippen LogP contribution in [0.4, 0.5) is 39.1 Å². The van der Waals surface area contributed by atoms with Crippen molar-refractivity contribution < 1.29 is 41.4 Å². The number of rotatable bonds is 8. The number of carboxylic acids is 1. The highest BCUT2D eigenvalue weighted by molar-refractivity contribution is 5.94. The molecule has 3 aromatic heterocycles. The van der Waals surface area contributed by atoms with Crippen LogP contribution in [-0.4, -0.2) is 118 Å². The van der Waals surface area contributed by atoms with Crippen molar-refractivity contribution in [3.05, 3.63) is 59.8 Å². The highest BCUT2D eigenvalue weighted by Crippen LogP contribution is 2.50. The Morgan fingerprint density at radius 3 is 2.45 bits per heavy atom. The predicted molar refractivity (Wildman–Crippen MR) is 195 cm³/mol. The van der Waals surface area contributed by atoms with E-state index in [2.05, 4.69) is 36.9 Å². The first kappa shape index (κ1) is 39.2. The standard InChI is InChI=1S/C35H42F2N10O2.C2HF3O2/c1-38-26-16-31(44-47-29(19-42-32(26)47)33(48)43-25-6-7-30(25)49-2)46-14-8-24-23(4-3-5-28(24)46)27-18-40-22(17-41-27)20-45-15-11-34(35(36,37)21-45)9-12-39-13-10-34;3-2(4,5)1(6)7/h3-5,16-19,25,30,38-39H,6-15,20-21H2,1-2H3,(H,43,48);(H,6,7)/t25-,30-;/m1./s1. The molecule has 1 saturated carbocycles. The molecule has 0 radical (unpaired) electrons. The lowest BCUT2D eigenvalue weighted by Gasteiger charge is -2.49. The molecule has 56 heavy (non-hydrogen) atoms. The fourth-order valence-corrected chi connectivity index (χ4v) is 8.04. The Hall–Kier alpha value is -5.01. The van der Waals surface area contributed by atoms with E-state index in [1.165, 1.54) is 0 Å². The van der Waals surface area contributed by atoms with Gasteiger partial charge in [0.1, 0.15) is 0 Å². The van der Waals surface area contributed by atoms with E-state index in [-0.39, 0.29) is 24.6 Å². The maximum atomic E-state index is 15.4. The second-order valence-electron chi connectivity index (χ2n) is 14.6. The maximum absolute atomic E-state index is 15.4. The lowest BCUT2D eigenvalue weighted by molar-refractivity contribution is -0.192. The molecule has 0 unspecified atom stereocenters. The van der Waals surface area contributed by atoms with Crippen molar-refractivity contribution in [3.8, 4) is 11.3 Å². The summed E-state index contributed by atoms with van der Waals surface area (Å²) in [6, 6.07) is 8.01. The summed E-state index contributed by atoms with van der Waals surface area (Å²) >= 11 is 0. The molecule has 2 saturated heterocycles. The number of alkyl halides is 5. The topological polar surface area (TPSA) is 162 Å². The Morgan fingerprint density at radius 2 is 1.82 bits per heavy atom. The number of imidazole rings is 1. The van der Waals surface area contributed by atoms with Crippen LogP contribution in [-0.2, 0) is 22.5 Å². The van der Waals surface area contributed by atoms with Gasteiger partial charge < -0.3 is 30.7 Å². The molecule has 300 valence electrons. The Morgan fingerprint density at radius 1 is 1.05 bits per heavy atom. The van der Waals surface area contributed by atoms with E-state index in [9.17, 15) is 18.0 Å². The summed E-state index contributed by atoms with van der Waals surface area (Å²) in [7, 11) is 3.49. The van der Waals surface area contributed by atoms with Gasteiger partial charge in [0.05, 0.1) is 54.4 Å². The number of piperidine rings is 2. The molecule has 4 aliphatic rings. The fourth-order valence-electron chi connectivity index (χ4n) is 8.04. The second-order valence-corrected chi connectivity index (χ2v) is 14.6. The number of methoxy groups -OCH3 is 1. The van der Waals surface area contributed by atoms with Crippen LogP contribution in [0.15, 0.2) is 42.9 Å². The highest BCUT2D eigenvalue weighted by atomic mass is 19.4. The molecule has 4 aromatic rings. The largest absolute Gasteiger partial charge is 0.490 e. The molecule has 1 amide bonds. The molecule has 8 rings (SSSR count). The summed E-state index contributed by atoms with van der Waals surface area (Å²) in [5.41, 5.74) is 5.31. The minimum atomic E-state index is -5.08. The van der Waals surface area contributed by atoms with Gasteiger partial charge >= 0.3 is 12.1 Å². The van der Waals surface area contributed by atoms with E-state index in [0.29, 0.717) is 74.8 Å². The van der Waals surface area contributed by atoms with Gasteiger partial charge in [-0.05, 0) is 69.8 Å². The Balaban J connectivity index is 0.000000629. The van der Waals surface area contributed by atoms with Crippen LogP contribution in [0.3, 0.4) is 0 Å². The molecule has 1 aromatic carbocycles. The number of fused-ring (bicyclic) bond motifs is 2. The number of amides is 1. The summed E-state index contributed by atoms with van der Waals surface area (Å²) in [6.07, 6.45) is 4.08. The smallest absolute Gasteiger partial charge is 0.475 e. The molecule has 6 heterocycles. The number of ether oxygens (including phenoxy) is 1. The highest BCUT2D eigenvalue weighted by Gasteiger charge is 2.56. The van der Waals surface area contributed by atoms with Crippen LogP contribution in [0.25, 0.3) is 16.9 Å². The molecule has 1 spiro atoms. The van der Waals surface area contributed by atoms with E-state index in [1.807, 2.05) is 30.1 Å². The van der Waals surface area contributed by atoms with Crippen LogP contribution in [0, 0.1) is 5.41 Å². The molecule has 3 fully saturated rings. The number of aliphatic carboxylic acids is 1. The quantitative estimate of drug-likeness (QED) is 0.183. The van der Waals surface area contributed by atoms with E-state index < -0.39 is 23.5 Å². The summed E-state index contributed by atoms with van der Waals surface area (Å²) in [6.45, 7) is 2.75. The van der Waals surface area contributed by atoms with Crippen LogP contribution in [0.2, 0.25) is 0 Å². The SMILES string of the molecule is CNc1cc(N2CCc3c(-c4cnc(CN5CCC6(CCNCC6)C(F)(F)C5)cn4)cccc32)nn2c(C(=O)N[C@@H]3CC[C@H]3OC)cnc12.O=C(O)C(F)(F)F. The number of hydrogen-bond acceptors (Lipinski definition) is 11. The number of nitrogens with one attached hydrogen (secondary N) is 3. The van der Waals surface area contributed by atoms with Crippen molar-refractivity contribution in [1.29, 1.82) is 0 Å². The van der Waals surface area contributed by atoms with E-state index >= 15 is 8.78 Å². The van der Waals surface area contributed by atoms with Crippen LogP contribution < -0.4 is 20.9 Å². The van der Waals surface area contributed by atoms with Crippen LogP contribution >= 0.6 is 0 Å². The average molecular weight is 787 g/mol. The molecular weight excluding hydrogens is 743 g/mol. The number of likely N-dealkylation sites (tertiary alicyclic amines) is 1. The zero-order valence-electron chi connectivity index (χ0n) is 30.9. The fraction of sp³-hybridized carbons (Fsp3) is 0.514. The van der Waals surface area contributed by atoms with Gasteiger partial charge in [0.25, 0.3) is 11.8 Å². The van der Waals surface area contributed by atoms with Gasteiger partial charge in [-0.1, -0.05) is 12.1 Å². The van der Waals surface area contributed by atoms with Crippen molar-refractivity contribution in [2.24, 2.45) is 5.41 Å². The first-order chi connectivity index (χ1) is 26.7. The van der Waals surface area contributed by atoms with Gasteiger partial charge in [-0.25, -0.2) is 23.1 Å². The molecule has 14 nitrogen and oxygen atoms in total. The Labute approximate surface area is 318 Å². The van der Waals surface area contributed by atoms with Gasteiger partial charge in [-0.15, -0.1) is 5.10 Å². The molecule has 4 N–H and O–H groups in total. The number of carbonyl (C=O) groups is 2. The zero-order chi connectivity index (χ0) is 39.8. The molecule has 0 bridgehead atoms. The summed E-state index contributed by atoms with van der Waals surface area (Å²) in [5.74, 6) is -5.03. The minimum Gasteiger partial charge on any atom is -0.475 e. The molecule has 19 heteroatoms. The summed E-state index contributed by atoms with van der Waals surface area (Å²) in [5, 5.41) is 21.5. The number of benzene rings is 1. The lowest BCUT2D eigenvalue weighted by atomic mass is 9.69. The third-order valence-corrected chi connectivity index (χ3v) is 11.4. The Kier molecular flexibility index (Phi) is 10.9. The van der Waals surface area contributed by atoms with Gasteiger partial charge in [0.15, 0.2) is 17.2 Å². The molecular formula is C37H43F5N10O4. The van der Waals surface area contributed by atoms with Crippen molar-refractivity contribution in [3.63, 3.8) is 0 Å². The second kappa shape index (κ2) is 15.5. The number of halogens is 5. The first-order valence-corrected chi connectivity index (χ1v) is 18.5. The number of hydrogen-bond donors (Lipinski definition) is 4. The minimum absolute atomic E-state index is 0.0189. The molecule has 3 aliphatic heterocycles. The average Bonchev–Trinajstić information content (AvgIpc) is 3.80.